The predicted octanol–water partition coefficient (Wildman–Crippen LogP) is 3.80. The van der Waals surface area contributed by atoms with Crippen molar-refractivity contribution in [2.24, 2.45) is 0 Å². The van der Waals surface area contributed by atoms with Gasteiger partial charge in [0.1, 0.15) is 16.4 Å². The van der Waals surface area contributed by atoms with Crippen LogP contribution in [0.3, 0.4) is 0 Å². The van der Waals surface area contributed by atoms with E-state index >= 15 is 0 Å². The Morgan fingerprint density at radius 3 is 2.42 bits per heavy atom. The van der Waals surface area contributed by atoms with Gasteiger partial charge in [0, 0.05) is 14.1 Å². The van der Waals surface area contributed by atoms with E-state index in [0.29, 0.717) is 5.69 Å². The Bertz CT molecular complexity index is 968. The monoisotopic (exact) mass is 335 g/mol. The lowest BCUT2D eigenvalue weighted by atomic mass is 10.3. The normalized spacial score (nSPS) is 11.1. The third-order valence-corrected chi connectivity index (χ3v) is 4.87. The van der Waals surface area contributed by atoms with Gasteiger partial charge in [-0.25, -0.2) is 9.67 Å². The molecule has 0 fully saturated rings. The number of nitrogens with zero attached hydrogens (tertiary/aromatic N) is 4. The molecule has 5 nitrogen and oxygen atoms in total. The molecule has 0 aliphatic heterocycles. The molecular weight excluding hydrogens is 318 g/mol. The molecule has 0 spiro atoms. The summed E-state index contributed by atoms with van der Waals surface area (Å²) in [5.74, 6) is 0.744. The molecule has 2 N–H and O–H groups in total. The van der Waals surface area contributed by atoms with Gasteiger partial charge in [0.05, 0.1) is 15.9 Å². The lowest BCUT2D eigenvalue weighted by molar-refractivity contribution is 0.871. The molecule has 6 heteroatoms. The zero-order valence-corrected chi connectivity index (χ0v) is 14.3. The van der Waals surface area contributed by atoms with Gasteiger partial charge in [-0.3, -0.25) is 0 Å². The van der Waals surface area contributed by atoms with Crippen LogP contribution in [0.2, 0.25) is 0 Å². The van der Waals surface area contributed by atoms with E-state index in [1.807, 2.05) is 72.2 Å². The Morgan fingerprint density at radius 1 is 1.00 bits per heavy atom. The minimum Gasteiger partial charge on any atom is -0.394 e. The van der Waals surface area contributed by atoms with E-state index in [2.05, 4.69) is 6.07 Å². The summed E-state index contributed by atoms with van der Waals surface area (Å²) in [6, 6.07) is 18.1. The van der Waals surface area contributed by atoms with Crippen molar-refractivity contribution in [3.63, 3.8) is 0 Å². The molecule has 0 amide bonds. The number of nitrogens with two attached hydrogens (primary N) is 1. The first-order chi connectivity index (χ1) is 11.6. The first-order valence-electron chi connectivity index (χ1n) is 7.62. The molecule has 2 heterocycles. The maximum absolute atomic E-state index is 6.44. The summed E-state index contributed by atoms with van der Waals surface area (Å²) >= 11 is 1.63. The quantitative estimate of drug-likeness (QED) is 0.619. The van der Waals surface area contributed by atoms with Gasteiger partial charge in [0.2, 0.25) is 0 Å². The zero-order valence-electron chi connectivity index (χ0n) is 13.5. The van der Waals surface area contributed by atoms with Gasteiger partial charge in [0.15, 0.2) is 5.82 Å². The highest BCUT2D eigenvalue weighted by Crippen LogP contribution is 2.38. The van der Waals surface area contributed by atoms with Crippen LogP contribution in [-0.4, -0.2) is 28.9 Å². The van der Waals surface area contributed by atoms with Crippen LogP contribution in [0.25, 0.3) is 26.6 Å². The van der Waals surface area contributed by atoms with Crippen molar-refractivity contribution in [3.8, 4) is 16.4 Å². The topological polar surface area (TPSA) is 60.0 Å². The van der Waals surface area contributed by atoms with Crippen molar-refractivity contribution < 1.29 is 0 Å². The Hall–Kier alpha value is -2.86. The fraction of sp³-hybridized carbons (Fsp3) is 0.111. The van der Waals surface area contributed by atoms with E-state index < -0.39 is 0 Å². The molecule has 0 aliphatic rings. The van der Waals surface area contributed by atoms with Crippen LogP contribution in [0.4, 0.5) is 11.5 Å². The van der Waals surface area contributed by atoms with E-state index in [-0.39, 0.29) is 0 Å². The Morgan fingerprint density at radius 2 is 1.71 bits per heavy atom. The molecule has 0 radical (unpaired) electrons. The lowest BCUT2D eigenvalue weighted by Crippen LogP contribution is -2.11. The molecule has 0 saturated carbocycles. The summed E-state index contributed by atoms with van der Waals surface area (Å²) in [4.78, 5) is 6.68. The molecule has 4 rings (SSSR count). The van der Waals surface area contributed by atoms with E-state index in [4.69, 9.17) is 15.8 Å². The van der Waals surface area contributed by atoms with Gasteiger partial charge < -0.3 is 10.6 Å². The van der Waals surface area contributed by atoms with E-state index in [1.165, 1.54) is 0 Å². The highest BCUT2D eigenvalue weighted by molar-refractivity contribution is 7.21. The number of para-hydroxylation sites is 2. The maximum atomic E-state index is 6.44. The van der Waals surface area contributed by atoms with Crippen LogP contribution >= 0.6 is 11.3 Å². The molecule has 24 heavy (non-hydrogen) atoms. The molecule has 2 aromatic carbocycles. The second-order valence-corrected chi connectivity index (χ2v) is 6.75. The van der Waals surface area contributed by atoms with Crippen LogP contribution < -0.4 is 10.6 Å². The van der Waals surface area contributed by atoms with Crippen LogP contribution in [0.1, 0.15) is 0 Å². The second kappa shape index (κ2) is 5.65. The average Bonchev–Trinajstić information content (AvgIpc) is 3.16. The molecule has 4 aromatic rings. The number of benzene rings is 2. The Kier molecular flexibility index (Phi) is 3.46. The van der Waals surface area contributed by atoms with Gasteiger partial charge in [-0.2, -0.15) is 0 Å². The van der Waals surface area contributed by atoms with Crippen molar-refractivity contribution in [2.75, 3.05) is 24.7 Å². The van der Waals surface area contributed by atoms with E-state index in [1.54, 1.807) is 11.3 Å². The summed E-state index contributed by atoms with van der Waals surface area (Å²) in [5, 5.41) is 5.58. The first kappa shape index (κ1) is 14.7. The number of hydrogen-bond donors (Lipinski definition) is 1. The fourth-order valence-electron chi connectivity index (χ4n) is 2.68. The summed E-state index contributed by atoms with van der Waals surface area (Å²) in [6.07, 6.45) is 0. The van der Waals surface area contributed by atoms with Crippen molar-refractivity contribution >= 4 is 33.1 Å². The van der Waals surface area contributed by atoms with Gasteiger partial charge in [-0.15, -0.1) is 16.4 Å². The predicted molar refractivity (Wildman–Crippen MR) is 101 cm³/mol. The minimum atomic E-state index is 0.642. The number of hydrogen-bond acceptors (Lipinski definition) is 5. The SMILES string of the molecule is CN(C)c1nn(-c2ccccc2)c(-c2nc3ccccc3s2)c1N. The minimum absolute atomic E-state index is 0.642. The van der Waals surface area contributed by atoms with Crippen LogP contribution in [0, 0.1) is 0 Å². The summed E-state index contributed by atoms with van der Waals surface area (Å²) < 4.78 is 3.02. The van der Waals surface area contributed by atoms with Crippen molar-refractivity contribution in [2.45, 2.75) is 0 Å². The molecular formula is C18H17N5S. The highest BCUT2D eigenvalue weighted by atomic mass is 32.1. The standard InChI is InChI=1S/C18H17N5S/c1-22(2)17-15(19)16(23(21-17)12-8-4-3-5-9-12)18-20-13-10-6-7-11-14(13)24-18/h3-11H,19H2,1-2H3. The van der Waals surface area contributed by atoms with Crippen molar-refractivity contribution in [3.05, 3.63) is 54.6 Å². The van der Waals surface area contributed by atoms with Gasteiger partial charge in [-0.05, 0) is 24.3 Å². The largest absolute Gasteiger partial charge is 0.394 e. The van der Waals surface area contributed by atoms with E-state index in [9.17, 15) is 0 Å². The Balaban J connectivity index is 1.99. The average molecular weight is 335 g/mol. The highest BCUT2D eigenvalue weighted by Gasteiger charge is 2.22. The number of aromatic nitrogens is 3. The number of fused-ring (bicyclic) bond motifs is 1. The summed E-state index contributed by atoms with van der Waals surface area (Å²) in [5.41, 5.74) is 9.86. The second-order valence-electron chi connectivity index (χ2n) is 5.71. The number of thiazole rings is 1. The first-order valence-corrected chi connectivity index (χ1v) is 8.44. The molecule has 0 unspecified atom stereocenters. The van der Waals surface area contributed by atoms with Gasteiger partial charge >= 0.3 is 0 Å². The fourth-order valence-corrected chi connectivity index (χ4v) is 3.69. The van der Waals surface area contributed by atoms with E-state index in [0.717, 1.165) is 32.4 Å². The third-order valence-electron chi connectivity index (χ3n) is 3.82. The van der Waals surface area contributed by atoms with Crippen LogP contribution in [0.5, 0.6) is 0 Å². The van der Waals surface area contributed by atoms with Gasteiger partial charge in [0.25, 0.3) is 0 Å². The number of anilines is 2. The van der Waals surface area contributed by atoms with Crippen molar-refractivity contribution in [1.29, 1.82) is 0 Å². The smallest absolute Gasteiger partial charge is 0.174 e. The Labute approximate surface area is 144 Å². The van der Waals surface area contributed by atoms with Gasteiger partial charge in [-0.1, -0.05) is 30.3 Å². The maximum Gasteiger partial charge on any atom is 0.174 e. The summed E-state index contributed by atoms with van der Waals surface area (Å²) in [6.45, 7) is 0. The molecule has 0 saturated heterocycles. The molecule has 120 valence electrons. The van der Waals surface area contributed by atoms with Crippen LogP contribution in [-0.2, 0) is 0 Å². The lowest BCUT2D eigenvalue weighted by Gasteiger charge is -2.08. The number of nitrogen functional groups attached to an aromatic ring is 1. The molecule has 2 aromatic heterocycles. The van der Waals surface area contributed by atoms with Crippen molar-refractivity contribution in [1.82, 2.24) is 14.8 Å². The third kappa shape index (κ3) is 2.32. The zero-order chi connectivity index (χ0) is 16.7. The summed E-state index contributed by atoms with van der Waals surface area (Å²) in [7, 11) is 3.88. The molecule has 0 atom stereocenters. The molecule has 0 bridgehead atoms. The van der Waals surface area contributed by atoms with Crippen LogP contribution in [0.15, 0.2) is 54.6 Å². The molecule has 0 aliphatic carbocycles. The number of rotatable bonds is 3.